The molecule has 0 atom stereocenters. The summed E-state index contributed by atoms with van der Waals surface area (Å²) < 4.78 is 0. The van der Waals surface area contributed by atoms with Gasteiger partial charge >= 0.3 is 0 Å². The molecule has 0 bridgehead atoms. The predicted molar refractivity (Wildman–Crippen MR) is 67.0 cm³/mol. The highest BCUT2D eigenvalue weighted by molar-refractivity contribution is 8.17. The number of thioether (sulfide) groups is 2. The monoisotopic (exact) mass is 211 g/mol. The van der Waals surface area contributed by atoms with Crippen molar-refractivity contribution >= 4 is 28.6 Å². The summed E-state index contributed by atoms with van der Waals surface area (Å²) in [7, 11) is 0. The number of hydrogen-bond acceptors (Lipinski definition) is 3. The van der Waals surface area contributed by atoms with Crippen molar-refractivity contribution in [2.75, 3.05) is 0 Å². The fourth-order valence-corrected chi connectivity index (χ4v) is 1.61. The Balaban J connectivity index is 4.52. The minimum atomic E-state index is 0.916. The van der Waals surface area contributed by atoms with Crippen LogP contribution in [0.3, 0.4) is 0 Å². The lowest BCUT2D eigenvalue weighted by molar-refractivity contribution is 1.55. The van der Waals surface area contributed by atoms with E-state index < -0.39 is 0 Å². The maximum absolute atomic E-state index is 4.12. The van der Waals surface area contributed by atoms with E-state index in [1.54, 1.807) is 10.8 Å². The number of rotatable bonds is 5. The van der Waals surface area contributed by atoms with Crippen LogP contribution in [-0.4, -0.2) is 5.04 Å². The third kappa shape index (κ3) is 5.55. The van der Waals surface area contributed by atoms with E-state index in [0.717, 1.165) is 10.6 Å². The zero-order chi connectivity index (χ0) is 10.1. The van der Waals surface area contributed by atoms with Gasteiger partial charge in [0.05, 0.1) is 0 Å². The van der Waals surface area contributed by atoms with Crippen LogP contribution < -0.4 is 0 Å². The summed E-state index contributed by atoms with van der Waals surface area (Å²) in [5.74, 6) is 0. The van der Waals surface area contributed by atoms with Crippen molar-refractivity contribution in [2.45, 2.75) is 6.92 Å². The molecule has 0 aliphatic heterocycles. The van der Waals surface area contributed by atoms with Gasteiger partial charge in [0.25, 0.3) is 0 Å². The van der Waals surface area contributed by atoms with E-state index in [2.05, 4.69) is 24.7 Å². The molecule has 0 aromatic carbocycles. The molecule has 0 amide bonds. The SMILES string of the molecule is C=CN=C(SC=C)/C(C)=C/SC=C. The summed E-state index contributed by atoms with van der Waals surface area (Å²) in [6, 6.07) is 0. The zero-order valence-corrected chi connectivity index (χ0v) is 9.33. The Morgan fingerprint density at radius 2 is 1.92 bits per heavy atom. The van der Waals surface area contributed by atoms with Crippen LogP contribution in [0.25, 0.3) is 0 Å². The summed E-state index contributed by atoms with van der Waals surface area (Å²) in [6.07, 6.45) is 1.53. The Labute approximate surface area is 88.4 Å². The van der Waals surface area contributed by atoms with Gasteiger partial charge in [-0.2, -0.15) is 0 Å². The summed E-state index contributed by atoms with van der Waals surface area (Å²) in [6.45, 7) is 12.8. The van der Waals surface area contributed by atoms with Crippen molar-refractivity contribution in [1.29, 1.82) is 0 Å². The summed E-state index contributed by atoms with van der Waals surface area (Å²) in [5, 5.41) is 6.43. The average molecular weight is 211 g/mol. The van der Waals surface area contributed by atoms with Gasteiger partial charge in [-0.05, 0) is 28.7 Å². The molecule has 0 heterocycles. The molecule has 0 aliphatic rings. The molecule has 0 aromatic heterocycles. The molecule has 0 N–H and O–H groups in total. The molecule has 1 nitrogen and oxygen atoms in total. The Morgan fingerprint density at radius 1 is 1.23 bits per heavy atom. The van der Waals surface area contributed by atoms with E-state index in [0.29, 0.717) is 0 Å². The first-order valence-corrected chi connectivity index (χ1v) is 5.48. The lowest BCUT2D eigenvalue weighted by atomic mass is 10.4. The first kappa shape index (κ1) is 12.3. The van der Waals surface area contributed by atoms with Gasteiger partial charge in [0, 0.05) is 6.20 Å². The minimum Gasteiger partial charge on any atom is -0.250 e. The van der Waals surface area contributed by atoms with Crippen LogP contribution in [0.15, 0.2) is 52.7 Å². The van der Waals surface area contributed by atoms with E-state index in [1.165, 1.54) is 29.7 Å². The van der Waals surface area contributed by atoms with Gasteiger partial charge < -0.3 is 0 Å². The number of hydrogen-bond donors (Lipinski definition) is 0. The molecular formula is C10H13NS2. The molecule has 3 heteroatoms. The molecule has 0 spiro atoms. The van der Waals surface area contributed by atoms with Gasteiger partial charge in [0.1, 0.15) is 5.04 Å². The Kier molecular flexibility index (Phi) is 7.54. The lowest BCUT2D eigenvalue weighted by Gasteiger charge is -2.00. The van der Waals surface area contributed by atoms with Gasteiger partial charge in [-0.3, -0.25) is 0 Å². The van der Waals surface area contributed by atoms with Crippen molar-refractivity contribution in [3.63, 3.8) is 0 Å². The molecular weight excluding hydrogens is 198 g/mol. The van der Waals surface area contributed by atoms with Crippen LogP contribution in [0.5, 0.6) is 0 Å². The normalized spacial score (nSPS) is 12.4. The molecule has 13 heavy (non-hydrogen) atoms. The van der Waals surface area contributed by atoms with Gasteiger partial charge in [0.15, 0.2) is 0 Å². The molecule has 0 fully saturated rings. The second kappa shape index (κ2) is 7.95. The van der Waals surface area contributed by atoms with Crippen LogP contribution in [0.2, 0.25) is 0 Å². The van der Waals surface area contributed by atoms with Crippen molar-refractivity contribution in [1.82, 2.24) is 0 Å². The standard InChI is InChI=1S/C10H13NS2/c1-5-11-10(13-7-3)9(4)8-12-6-2/h5-8H,1-3H2,4H3/b9-8+,11-10?. The predicted octanol–water partition coefficient (Wildman–Crippen LogP) is 4.19. The van der Waals surface area contributed by atoms with Crippen molar-refractivity contribution in [3.8, 4) is 0 Å². The smallest absolute Gasteiger partial charge is 0.104 e. The average Bonchev–Trinajstić information content (AvgIpc) is 2.14. The van der Waals surface area contributed by atoms with Gasteiger partial charge in [0.2, 0.25) is 0 Å². The second-order valence-corrected chi connectivity index (χ2v) is 3.80. The largest absolute Gasteiger partial charge is 0.250 e. The molecule has 0 saturated heterocycles. The summed E-state index contributed by atoms with van der Waals surface area (Å²) in [4.78, 5) is 4.12. The highest BCUT2D eigenvalue weighted by Crippen LogP contribution is 2.17. The van der Waals surface area contributed by atoms with Gasteiger partial charge in [-0.1, -0.05) is 31.5 Å². The Bertz CT molecular complexity index is 252. The van der Waals surface area contributed by atoms with Crippen molar-refractivity contribution < 1.29 is 0 Å². The Hall–Kier alpha value is -0.670. The number of nitrogens with zero attached hydrogens (tertiary/aromatic N) is 1. The minimum absolute atomic E-state index is 0.916. The van der Waals surface area contributed by atoms with Crippen LogP contribution in [0, 0.1) is 0 Å². The van der Waals surface area contributed by atoms with E-state index in [4.69, 9.17) is 0 Å². The lowest BCUT2D eigenvalue weighted by Crippen LogP contribution is -1.90. The molecule has 0 unspecified atom stereocenters. The van der Waals surface area contributed by atoms with Crippen molar-refractivity contribution in [2.24, 2.45) is 4.99 Å². The third-order valence-corrected chi connectivity index (χ3v) is 2.58. The third-order valence-electron chi connectivity index (χ3n) is 1.08. The highest BCUT2D eigenvalue weighted by Gasteiger charge is 1.98. The van der Waals surface area contributed by atoms with Crippen LogP contribution in [0.1, 0.15) is 6.92 Å². The molecule has 0 radical (unpaired) electrons. The van der Waals surface area contributed by atoms with Crippen LogP contribution in [0.4, 0.5) is 0 Å². The summed E-state index contributed by atoms with van der Waals surface area (Å²) >= 11 is 3.02. The zero-order valence-electron chi connectivity index (χ0n) is 7.69. The fraction of sp³-hybridized carbons (Fsp3) is 0.100. The maximum atomic E-state index is 4.12. The maximum Gasteiger partial charge on any atom is 0.104 e. The summed E-state index contributed by atoms with van der Waals surface area (Å²) in [5.41, 5.74) is 1.09. The van der Waals surface area contributed by atoms with Crippen molar-refractivity contribution in [3.05, 3.63) is 47.7 Å². The number of aliphatic imine (C=N–C) groups is 1. The molecule has 0 aliphatic carbocycles. The van der Waals surface area contributed by atoms with Crippen LogP contribution in [-0.2, 0) is 0 Å². The van der Waals surface area contributed by atoms with E-state index in [-0.39, 0.29) is 0 Å². The first-order valence-electron chi connectivity index (χ1n) is 3.66. The second-order valence-electron chi connectivity index (χ2n) is 2.00. The fourth-order valence-electron chi connectivity index (χ4n) is 0.588. The topological polar surface area (TPSA) is 12.4 Å². The molecule has 0 saturated carbocycles. The van der Waals surface area contributed by atoms with E-state index in [9.17, 15) is 0 Å². The molecule has 0 aromatic rings. The highest BCUT2D eigenvalue weighted by atomic mass is 32.2. The molecule has 70 valence electrons. The van der Waals surface area contributed by atoms with E-state index in [1.807, 2.05) is 12.3 Å². The first-order chi connectivity index (χ1) is 6.26. The molecule has 0 rings (SSSR count). The van der Waals surface area contributed by atoms with E-state index >= 15 is 0 Å². The van der Waals surface area contributed by atoms with Gasteiger partial charge in [-0.25, -0.2) is 4.99 Å². The van der Waals surface area contributed by atoms with Crippen LogP contribution >= 0.6 is 23.5 Å². The van der Waals surface area contributed by atoms with Gasteiger partial charge in [-0.15, -0.1) is 11.8 Å². The quantitative estimate of drug-likeness (QED) is 0.499. The Morgan fingerprint density at radius 3 is 2.38 bits per heavy atom.